The van der Waals surface area contributed by atoms with Crippen LogP contribution in [0.25, 0.3) is 0 Å². The van der Waals surface area contributed by atoms with Crippen molar-refractivity contribution < 1.29 is 14.6 Å². The molecule has 0 aromatic carbocycles. The Morgan fingerprint density at radius 3 is 2.67 bits per heavy atom. The molecule has 90 valence electrons. The third kappa shape index (κ3) is 9.65. The van der Waals surface area contributed by atoms with Gasteiger partial charge in [-0.15, -0.1) is 0 Å². The first-order valence-electron chi connectivity index (χ1n) is 5.23. The SMILES string of the molecule is COCC(O)CNC(=O)CCNC(C)C. The molecule has 1 atom stereocenters. The van der Waals surface area contributed by atoms with E-state index in [9.17, 15) is 9.90 Å². The lowest BCUT2D eigenvalue weighted by atomic mass is 10.3. The average molecular weight is 218 g/mol. The Kier molecular flexibility index (Phi) is 8.27. The summed E-state index contributed by atoms with van der Waals surface area (Å²) >= 11 is 0. The molecule has 0 bridgehead atoms. The topological polar surface area (TPSA) is 70.6 Å². The molecule has 0 heterocycles. The molecule has 0 aliphatic carbocycles. The predicted molar refractivity (Wildman–Crippen MR) is 58.6 cm³/mol. The summed E-state index contributed by atoms with van der Waals surface area (Å²) in [6.45, 7) is 5.20. The second-order valence-electron chi connectivity index (χ2n) is 3.77. The van der Waals surface area contributed by atoms with Gasteiger partial charge in [-0.25, -0.2) is 0 Å². The predicted octanol–water partition coefficient (Wildman–Crippen LogP) is -0.502. The molecule has 3 N–H and O–H groups in total. The molecule has 1 amide bonds. The number of hydrogen-bond acceptors (Lipinski definition) is 4. The van der Waals surface area contributed by atoms with Gasteiger partial charge in [-0.2, -0.15) is 0 Å². The van der Waals surface area contributed by atoms with Crippen molar-refractivity contribution in [1.29, 1.82) is 0 Å². The van der Waals surface area contributed by atoms with E-state index in [1.807, 2.05) is 13.8 Å². The van der Waals surface area contributed by atoms with Gasteiger partial charge in [-0.1, -0.05) is 13.8 Å². The summed E-state index contributed by atoms with van der Waals surface area (Å²) in [5.41, 5.74) is 0. The van der Waals surface area contributed by atoms with Crippen molar-refractivity contribution in [2.75, 3.05) is 26.8 Å². The highest BCUT2D eigenvalue weighted by Gasteiger charge is 2.06. The van der Waals surface area contributed by atoms with E-state index in [1.54, 1.807) is 0 Å². The number of ether oxygens (including phenoxy) is 1. The number of carbonyl (C=O) groups is 1. The Bertz CT molecular complexity index is 174. The first-order chi connectivity index (χ1) is 7.06. The number of aliphatic hydroxyl groups is 1. The molecule has 0 fully saturated rings. The van der Waals surface area contributed by atoms with E-state index in [2.05, 4.69) is 10.6 Å². The number of hydrogen-bond donors (Lipinski definition) is 3. The average Bonchev–Trinajstić information content (AvgIpc) is 2.14. The summed E-state index contributed by atoms with van der Waals surface area (Å²) in [7, 11) is 1.51. The third-order valence-corrected chi connectivity index (χ3v) is 1.80. The number of nitrogens with one attached hydrogen (secondary N) is 2. The second-order valence-corrected chi connectivity index (χ2v) is 3.77. The third-order valence-electron chi connectivity index (χ3n) is 1.80. The van der Waals surface area contributed by atoms with Gasteiger partial charge in [0.2, 0.25) is 5.91 Å². The van der Waals surface area contributed by atoms with Crippen LogP contribution in [0.3, 0.4) is 0 Å². The Hall–Kier alpha value is -0.650. The number of amides is 1. The van der Waals surface area contributed by atoms with E-state index in [0.717, 1.165) is 0 Å². The molecule has 1 unspecified atom stereocenters. The first kappa shape index (κ1) is 14.3. The molecule has 0 aromatic heterocycles. The highest BCUT2D eigenvalue weighted by atomic mass is 16.5. The smallest absolute Gasteiger partial charge is 0.221 e. The minimum Gasteiger partial charge on any atom is -0.389 e. The number of aliphatic hydroxyl groups excluding tert-OH is 1. The van der Waals surface area contributed by atoms with E-state index < -0.39 is 6.10 Å². The maximum absolute atomic E-state index is 11.2. The van der Waals surface area contributed by atoms with Crippen molar-refractivity contribution >= 4 is 5.91 Å². The lowest BCUT2D eigenvalue weighted by Gasteiger charge is -2.11. The molecular weight excluding hydrogens is 196 g/mol. The molecule has 0 aliphatic rings. The van der Waals surface area contributed by atoms with Crippen molar-refractivity contribution in [3.05, 3.63) is 0 Å². The monoisotopic (exact) mass is 218 g/mol. The van der Waals surface area contributed by atoms with Crippen molar-refractivity contribution in [3.63, 3.8) is 0 Å². The maximum Gasteiger partial charge on any atom is 0.221 e. The normalized spacial score (nSPS) is 12.9. The van der Waals surface area contributed by atoms with Gasteiger partial charge >= 0.3 is 0 Å². The molecule has 0 aliphatic heterocycles. The first-order valence-corrected chi connectivity index (χ1v) is 5.23. The van der Waals surface area contributed by atoms with Gasteiger partial charge in [0, 0.05) is 32.7 Å². The Morgan fingerprint density at radius 2 is 2.13 bits per heavy atom. The van der Waals surface area contributed by atoms with Crippen LogP contribution in [0.15, 0.2) is 0 Å². The van der Waals surface area contributed by atoms with Crippen LogP contribution in [-0.4, -0.2) is 50.0 Å². The molecule has 0 saturated heterocycles. The molecule has 0 spiro atoms. The molecule has 0 saturated carbocycles. The van der Waals surface area contributed by atoms with E-state index in [-0.39, 0.29) is 19.1 Å². The fraction of sp³-hybridized carbons (Fsp3) is 0.900. The van der Waals surface area contributed by atoms with Crippen LogP contribution in [0.4, 0.5) is 0 Å². The van der Waals surface area contributed by atoms with Crippen molar-refractivity contribution in [3.8, 4) is 0 Å². The number of rotatable bonds is 8. The fourth-order valence-electron chi connectivity index (χ4n) is 1.05. The van der Waals surface area contributed by atoms with Crippen LogP contribution < -0.4 is 10.6 Å². The molecule has 0 aromatic rings. The summed E-state index contributed by atoms with van der Waals surface area (Å²) in [4.78, 5) is 11.2. The maximum atomic E-state index is 11.2. The number of methoxy groups -OCH3 is 1. The van der Waals surface area contributed by atoms with Gasteiger partial charge < -0.3 is 20.5 Å². The van der Waals surface area contributed by atoms with Gasteiger partial charge in [-0.05, 0) is 0 Å². The summed E-state index contributed by atoms with van der Waals surface area (Å²) in [5.74, 6) is -0.0571. The lowest BCUT2D eigenvalue weighted by Crippen LogP contribution is -2.36. The van der Waals surface area contributed by atoms with Gasteiger partial charge in [0.05, 0.1) is 12.7 Å². The van der Waals surface area contributed by atoms with Gasteiger partial charge in [0.25, 0.3) is 0 Å². The quantitative estimate of drug-likeness (QED) is 0.513. The van der Waals surface area contributed by atoms with Crippen molar-refractivity contribution in [1.82, 2.24) is 10.6 Å². The molecular formula is C10H22N2O3. The lowest BCUT2D eigenvalue weighted by molar-refractivity contribution is -0.121. The zero-order valence-corrected chi connectivity index (χ0v) is 9.75. The van der Waals surface area contributed by atoms with E-state index >= 15 is 0 Å². The van der Waals surface area contributed by atoms with Crippen LogP contribution in [0.2, 0.25) is 0 Å². The summed E-state index contributed by atoms with van der Waals surface area (Å²) in [5, 5.41) is 15.0. The van der Waals surface area contributed by atoms with E-state index in [0.29, 0.717) is 19.0 Å². The minimum atomic E-state index is -0.628. The summed E-state index contributed by atoms with van der Waals surface area (Å²) in [6, 6.07) is 0.386. The van der Waals surface area contributed by atoms with Gasteiger partial charge in [0.15, 0.2) is 0 Å². The molecule has 15 heavy (non-hydrogen) atoms. The van der Waals surface area contributed by atoms with Crippen LogP contribution in [0.1, 0.15) is 20.3 Å². The molecule has 5 nitrogen and oxygen atoms in total. The van der Waals surface area contributed by atoms with Gasteiger partial charge in [0.1, 0.15) is 0 Å². The van der Waals surface area contributed by atoms with Crippen LogP contribution >= 0.6 is 0 Å². The zero-order chi connectivity index (χ0) is 11.7. The molecule has 0 radical (unpaired) electrons. The summed E-state index contributed by atoms with van der Waals surface area (Å²) in [6.07, 6.45) is -0.199. The Balaban J connectivity index is 3.40. The van der Waals surface area contributed by atoms with Crippen LogP contribution in [0.5, 0.6) is 0 Å². The van der Waals surface area contributed by atoms with Crippen LogP contribution in [0, 0.1) is 0 Å². The number of carbonyl (C=O) groups excluding carboxylic acids is 1. The second kappa shape index (κ2) is 8.64. The molecule has 0 rings (SSSR count). The van der Waals surface area contributed by atoms with Crippen molar-refractivity contribution in [2.24, 2.45) is 0 Å². The van der Waals surface area contributed by atoms with E-state index in [4.69, 9.17) is 4.74 Å². The highest BCUT2D eigenvalue weighted by molar-refractivity contribution is 5.76. The Morgan fingerprint density at radius 1 is 1.47 bits per heavy atom. The molecule has 5 heteroatoms. The van der Waals surface area contributed by atoms with Gasteiger partial charge in [-0.3, -0.25) is 4.79 Å². The summed E-state index contributed by atoms with van der Waals surface area (Å²) < 4.78 is 4.73. The van der Waals surface area contributed by atoms with E-state index in [1.165, 1.54) is 7.11 Å². The Labute approximate surface area is 91.2 Å². The fourth-order valence-corrected chi connectivity index (χ4v) is 1.05. The highest BCUT2D eigenvalue weighted by Crippen LogP contribution is 1.84. The zero-order valence-electron chi connectivity index (χ0n) is 9.75. The van der Waals surface area contributed by atoms with Crippen molar-refractivity contribution in [2.45, 2.75) is 32.4 Å². The van der Waals surface area contributed by atoms with Crippen LogP contribution in [-0.2, 0) is 9.53 Å². The minimum absolute atomic E-state index is 0.0571. The largest absolute Gasteiger partial charge is 0.389 e. The standard InChI is InChI=1S/C10H22N2O3/c1-8(2)11-5-4-10(14)12-6-9(13)7-15-3/h8-9,11,13H,4-7H2,1-3H3,(H,12,14).